The molecule has 0 unspecified atom stereocenters. The number of fused-ring (bicyclic) bond motifs is 5. The average molecular weight is 510 g/mol. The summed E-state index contributed by atoms with van der Waals surface area (Å²) in [5, 5.41) is 7.69. The highest BCUT2D eigenvalue weighted by Gasteiger charge is 2.17. The molecule has 40 heavy (non-hydrogen) atoms. The molecule has 0 bridgehead atoms. The zero-order chi connectivity index (χ0) is 26.6. The minimum atomic E-state index is 1.17. The number of nitrogens with zero attached hydrogens (tertiary/aromatic N) is 1. The first-order valence-corrected chi connectivity index (χ1v) is 13.9. The molecule has 1 nitrogen and oxygen atoms in total. The molecule has 0 amide bonds. The topological polar surface area (TPSA) is 4.93 Å². The molecule has 1 heteroatoms. The van der Waals surface area contributed by atoms with Crippen molar-refractivity contribution in [2.75, 3.05) is 0 Å². The monoisotopic (exact) mass is 509 g/mol. The molecule has 0 radical (unpaired) electrons. The van der Waals surface area contributed by atoms with Gasteiger partial charge in [-0.3, -0.25) is 0 Å². The number of rotatable bonds is 3. The van der Waals surface area contributed by atoms with E-state index in [1.54, 1.807) is 0 Å². The van der Waals surface area contributed by atoms with Gasteiger partial charge in [0.1, 0.15) is 0 Å². The van der Waals surface area contributed by atoms with Crippen LogP contribution >= 0.6 is 0 Å². The lowest BCUT2D eigenvalue weighted by molar-refractivity contribution is 1.18. The zero-order valence-corrected chi connectivity index (χ0v) is 22.3. The van der Waals surface area contributed by atoms with Crippen LogP contribution in [0.5, 0.6) is 0 Å². The molecule has 7 aromatic carbocycles. The smallest absolute Gasteiger partial charge is 0.0541 e. The first kappa shape index (κ1) is 22.8. The van der Waals surface area contributed by atoms with Gasteiger partial charge in [0.2, 0.25) is 0 Å². The van der Waals surface area contributed by atoms with Gasteiger partial charge >= 0.3 is 0 Å². The van der Waals surface area contributed by atoms with Crippen LogP contribution in [0.3, 0.4) is 0 Å². The van der Waals surface area contributed by atoms with Crippen LogP contribution in [0, 0.1) is 6.92 Å². The highest BCUT2D eigenvalue weighted by atomic mass is 15.0. The van der Waals surface area contributed by atoms with Crippen molar-refractivity contribution < 1.29 is 0 Å². The lowest BCUT2D eigenvalue weighted by atomic mass is 9.86. The van der Waals surface area contributed by atoms with Crippen LogP contribution in [0.25, 0.3) is 71.3 Å². The summed E-state index contributed by atoms with van der Waals surface area (Å²) in [6.07, 6.45) is 0. The number of aromatic nitrogens is 1. The van der Waals surface area contributed by atoms with Gasteiger partial charge in [-0.1, -0.05) is 127 Å². The van der Waals surface area contributed by atoms with Gasteiger partial charge < -0.3 is 4.57 Å². The quantitative estimate of drug-likeness (QED) is 0.209. The number of benzene rings is 7. The van der Waals surface area contributed by atoms with Crippen LogP contribution in [-0.2, 0) is 0 Å². The maximum absolute atomic E-state index is 2.38. The van der Waals surface area contributed by atoms with Gasteiger partial charge in [0, 0.05) is 16.5 Å². The minimum Gasteiger partial charge on any atom is -0.309 e. The molecule has 188 valence electrons. The van der Waals surface area contributed by atoms with Gasteiger partial charge in [0.15, 0.2) is 0 Å². The van der Waals surface area contributed by atoms with E-state index in [0.29, 0.717) is 0 Å². The van der Waals surface area contributed by atoms with E-state index in [0.717, 1.165) is 0 Å². The fraction of sp³-hybridized carbons (Fsp3) is 0.0256. The maximum atomic E-state index is 2.38. The Morgan fingerprint density at radius 2 is 0.700 bits per heavy atom. The Morgan fingerprint density at radius 1 is 0.350 bits per heavy atom. The van der Waals surface area contributed by atoms with E-state index in [-0.39, 0.29) is 0 Å². The Kier molecular flexibility index (Phi) is 5.11. The van der Waals surface area contributed by atoms with Gasteiger partial charge in [-0.2, -0.15) is 0 Å². The van der Waals surface area contributed by atoms with Gasteiger partial charge in [0.05, 0.1) is 11.0 Å². The second kappa shape index (κ2) is 8.97. The standard InChI is InChI=1S/C39H27N/c1-26-18-20-27(21-19-26)38-32-12-2-4-14-34(32)39(35-15-5-3-13-33(35)38)28-22-24-29(25-23-28)40-36-16-8-6-10-30(36)31-11-7-9-17-37(31)40/h2-25H,1H3. The van der Waals surface area contributed by atoms with E-state index in [4.69, 9.17) is 0 Å². The van der Waals surface area contributed by atoms with E-state index in [2.05, 4.69) is 157 Å². The average Bonchev–Trinajstić information content (AvgIpc) is 3.35. The summed E-state index contributed by atoms with van der Waals surface area (Å²) in [5.74, 6) is 0. The summed E-state index contributed by atoms with van der Waals surface area (Å²) in [4.78, 5) is 0. The first-order chi connectivity index (χ1) is 19.8. The lowest BCUT2D eigenvalue weighted by Crippen LogP contribution is -1.94. The molecule has 0 fully saturated rings. The SMILES string of the molecule is Cc1ccc(-c2c3ccccc3c(-c3ccc(-n4c5ccccc5c5ccccc54)cc3)c3ccccc23)cc1. The predicted octanol–water partition coefficient (Wildman–Crippen LogP) is 10.7. The molecule has 0 atom stereocenters. The van der Waals surface area contributed by atoms with Gasteiger partial charge in [-0.15, -0.1) is 0 Å². The van der Waals surface area contributed by atoms with E-state index in [1.165, 1.54) is 76.9 Å². The summed E-state index contributed by atoms with van der Waals surface area (Å²) in [7, 11) is 0. The highest BCUT2D eigenvalue weighted by Crippen LogP contribution is 2.44. The predicted molar refractivity (Wildman–Crippen MR) is 171 cm³/mol. The Labute approximate surface area is 233 Å². The van der Waals surface area contributed by atoms with Gasteiger partial charge in [-0.05, 0) is 75.0 Å². The zero-order valence-electron chi connectivity index (χ0n) is 22.3. The number of hydrogen-bond donors (Lipinski definition) is 0. The number of hydrogen-bond acceptors (Lipinski definition) is 0. The van der Waals surface area contributed by atoms with Crippen molar-refractivity contribution in [2.24, 2.45) is 0 Å². The number of para-hydroxylation sites is 2. The molecule has 0 spiro atoms. The van der Waals surface area contributed by atoms with Crippen molar-refractivity contribution in [2.45, 2.75) is 6.92 Å². The van der Waals surface area contributed by atoms with Gasteiger partial charge in [-0.25, -0.2) is 0 Å². The second-order valence-corrected chi connectivity index (χ2v) is 10.6. The first-order valence-electron chi connectivity index (χ1n) is 13.9. The van der Waals surface area contributed by atoms with E-state index >= 15 is 0 Å². The molecule has 0 aliphatic rings. The van der Waals surface area contributed by atoms with Crippen LogP contribution < -0.4 is 0 Å². The minimum absolute atomic E-state index is 1.17. The van der Waals surface area contributed by atoms with Crippen LogP contribution in [0.4, 0.5) is 0 Å². The van der Waals surface area contributed by atoms with Crippen LogP contribution in [0.2, 0.25) is 0 Å². The second-order valence-electron chi connectivity index (χ2n) is 10.6. The van der Waals surface area contributed by atoms with E-state index in [9.17, 15) is 0 Å². The van der Waals surface area contributed by atoms with Crippen molar-refractivity contribution >= 4 is 43.4 Å². The largest absolute Gasteiger partial charge is 0.309 e. The van der Waals surface area contributed by atoms with Gasteiger partial charge in [0.25, 0.3) is 0 Å². The molecule has 0 aliphatic heterocycles. The maximum Gasteiger partial charge on any atom is 0.0541 e. The summed E-state index contributed by atoms with van der Waals surface area (Å²) in [5.41, 5.74) is 9.99. The van der Waals surface area contributed by atoms with Crippen molar-refractivity contribution in [3.63, 3.8) is 0 Å². The van der Waals surface area contributed by atoms with Crippen molar-refractivity contribution in [1.82, 2.24) is 4.57 Å². The Morgan fingerprint density at radius 3 is 1.12 bits per heavy atom. The van der Waals surface area contributed by atoms with Crippen molar-refractivity contribution in [1.29, 1.82) is 0 Å². The normalized spacial score (nSPS) is 11.6. The third-order valence-corrected chi connectivity index (χ3v) is 8.27. The lowest BCUT2D eigenvalue weighted by Gasteiger charge is -2.18. The fourth-order valence-corrected chi connectivity index (χ4v) is 6.45. The molecule has 0 saturated carbocycles. The number of aryl methyl sites for hydroxylation is 1. The van der Waals surface area contributed by atoms with Crippen LogP contribution in [0.15, 0.2) is 146 Å². The van der Waals surface area contributed by atoms with E-state index in [1.807, 2.05) is 0 Å². The molecule has 1 heterocycles. The van der Waals surface area contributed by atoms with Crippen molar-refractivity contribution in [3.8, 4) is 27.9 Å². The third kappa shape index (κ3) is 3.41. The molecule has 0 aliphatic carbocycles. The van der Waals surface area contributed by atoms with Crippen LogP contribution in [0.1, 0.15) is 5.56 Å². The molecule has 8 rings (SSSR count). The third-order valence-electron chi connectivity index (χ3n) is 8.27. The Balaban J connectivity index is 1.37. The van der Waals surface area contributed by atoms with E-state index < -0.39 is 0 Å². The summed E-state index contributed by atoms with van der Waals surface area (Å²) in [6, 6.07) is 53.1. The molecule has 1 aromatic heterocycles. The molecule has 0 N–H and O–H groups in total. The Hall–Kier alpha value is -5.14. The summed E-state index contributed by atoms with van der Waals surface area (Å²) in [6.45, 7) is 2.14. The fourth-order valence-electron chi connectivity index (χ4n) is 6.45. The summed E-state index contributed by atoms with van der Waals surface area (Å²) >= 11 is 0. The van der Waals surface area contributed by atoms with Crippen LogP contribution in [-0.4, -0.2) is 4.57 Å². The molecule has 0 saturated heterocycles. The summed E-state index contributed by atoms with van der Waals surface area (Å²) < 4.78 is 2.38. The highest BCUT2D eigenvalue weighted by molar-refractivity contribution is 6.21. The van der Waals surface area contributed by atoms with Crippen molar-refractivity contribution in [3.05, 3.63) is 151 Å². The Bertz CT molecular complexity index is 2090. The molecular weight excluding hydrogens is 482 g/mol. The molecule has 8 aromatic rings. The molecular formula is C39H27N.